The first-order valence-corrected chi connectivity index (χ1v) is 11.2. The highest BCUT2D eigenvalue weighted by atomic mass is 32.2. The number of hydrogen-bond acceptors (Lipinski definition) is 6. The largest absolute Gasteiger partial charge is 0.324 e. The lowest BCUT2D eigenvalue weighted by molar-refractivity contribution is -0.119. The molecule has 1 atom stereocenters. The van der Waals surface area contributed by atoms with Crippen molar-refractivity contribution in [2.75, 3.05) is 11.9 Å². The van der Waals surface area contributed by atoms with Crippen LogP contribution >= 0.6 is 0 Å². The van der Waals surface area contributed by atoms with Gasteiger partial charge in [0, 0.05) is 36.6 Å². The highest BCUT2D eigenvalue weighted by molar-refractivity contribution is 7.89. The molecule has 0 unspecified atom stereocenters. The Balaban J connectivity index is 1.72. The molecule has 11 heteroatoms. The smallest absolute Gasteiger partial charge is 0.270 e. The second-order valence-electron chi connectivity index (χ2n) is 7.07. The van der Waals surface area contributed by atoms with Crippen molar-refractivity contribution in [3.8, 4) is 0 Å². The molecule has 0 fully saturated rings. The van der Waals surface area contributed by atoms with E-state index in [0.717, 1.165) is 22.6 Å². The van der Waals surface area contributed by atoms with Gasteiger partial charge in [0.25, 0.3) is 5.56 Å². The number of aromatic nitrogens is 3. The average molecular weight is 460 g/mol. The molecule has 2 heterocycles. The fraction of sp³-hybridized carbons (Fsp3) is 0.238. The molecular formula is C21H22FN5O4S. The van der Waals surface area contributed by atoms with Crippen molar-refractivity contribution in [2.45, 2.75) is 31.2 Å². The number of nitrogens with zero attached hydrogens (tertiary/aromatic N) is 3. The van der Waals surface area contributed by atoms with Crippen molar-refractivity contribution >= 4 is 21.6 Å². The average Bonchev–Trinajstić information content (AvgIpc) is 2.75. The summed E-state index contributed by atoms with van der Waals surface area (Å²) >= 11 is 0. The summed E-state index contributed by atoms with van der Waals surface area (Å²) in [4.78, 5) is 28.6. The van der Waals surface area contributed by atoms with E-state index in [1.165, 1.54) is 13.0 Å². The van der Waals surface area contributed by atoms with Crippen LogP contribution < -0.4 is 15.6 Å². The van der Waals surface area contributed by atoms with Crippen LogP contribution in [0.25, 0.3) is 0 Å². The zero-order valence-electron chi connectivity index (χ0n) is 17.4. The Morgan fingerprint density at radius 1 is 1.22 bits per heavy atom. The van der Waals surface area contributed by atoms with Gasteiger partial charge >= 0.3 is 0 Å². The van der Waals surface area contributed by atoms with Gasteiger partial charge < -0.3 is 5.32 Å². The number of hydrogen-bond donors (Lipinski definition) is 2. The number of nitrogens with one attached hydrogen (secondary N) is 2. The van der Waals surface area contributed by atoms with E-state index in [2.05, 4.69) is 20.1 Å². The predicted molar refractivity (Wildman–Crippen MR) is 116 cm³/mol. The van der Waals surface area contributed by atoms with Gasteiger partial charge in [0.05, 0.1) is 11.1 Å². The Morgan fingerprint density at radius 2 is 2.00 bits per heavy atom. The second kappa shape index (κ2) is 9.79. The molecule has 0 radical (unpaired) electrons. The molecule has 0 spiro atoms. The van der Waals surface area contributed by atoms with Gasteiger partial charge in [-0.25, -0.2) is 22.2 Å². The van der Waals surface area contributed by atoms with Crippen LogP contribution in [0.5, 0.6) is 0 Å². The maximum Gasteiger partial charge on any atom is 0.270 e. The van der Waals surface area contributed by atoms with Crippen molar-refractivity contribution in [1.29, 1.82) is 0 Å². The van der Waals surface area contributed by atoms with Crippen molar-refractivity contribution in [1.82, 2.24) is 19.5 Å². The van der Waals surface area contributed by atoms with E-state index in [0.29, 0.717) is 12.0 Å². The number of benzene rings is 1. The highest BCUT2D eigenvalue weighted by Gasteiger charge is 2.21. The van der Waals surface area contributed by atoms with Gasteiger partial charge in [-0.1, -0.05) is 12.1 Å². The Bertz CT molecular complexity index is 1280. The molecule has 0 bridgehead atoms. The standard InChI is InChI=1S/C21H22FN5O4S/c1-14-6-7-18(26-21(29)15(2)27-20(28)11-16(22)13-24-27)12-19(14)32(30,31)25-10-8-17-5-3-4-9-23-17/h3-7,9,11-13,15,25H,8,10H2,1-2H3,(H,26,29)/t15-/m1/s1. The van der Waals surface area contributed by atoms with Gasteiger partial charge in [-0.15, -0.1) is 0 Å². The molecule has 2 aromatic heterocycles. The lowest BCUT2D eigenvalue weighted by Gasteiger charge is -2.15. The molecule has 1 amide bonds. The minimum absolute atomic E-state index is 0.0149. The number of pyridine rings is 1. The van der Waals surface area contributed by atoms with Crippen LogP contribution in [-0.4, -0.2) is 35.6 Å². The fourth-order valence-electron chi connectivity index (χ4n) is 2.95. The van der Waals surface area contributed by atoms with Crippen LogP contribution in [0, 0.1) is 12.7 Å². The predicted octanol–water partition coefficient (Wildman–Crippen LogP) is 1.81. The zero-order chi connectivity index (χ0) is 23.3. The van der Waals surface area contributed by atoms with Crippen molar-refractivity contribution in [3.05, 3.63) is 82.3 Å². The number of anilines is 1. The first-order chi connectivity index (χ1) is 15.2. The normalized spacial score (nSPS) is 12.3. The van der Waals surface area contributed by atoms with Gasteiger partial charge in [-0.3, -0.25) is 14.6 Å². The number of aryl methyl sites for hydroxylation is 1. The van der Waals surface area contributed by atoms with Crippen LogP contribution in [-0.2, 0) is 21.2 Å². The zero-order valence-corrected chi connectivity index (χ0v) is 18.3. The molecule has 3 rings (SSSR count). The third-order valence-electron chi connectivity index (χ3n) is 4.68. The third-order valence-corrected chi connectivity index (χ3v) is 6.29. The quantitative estimate of drug-likeness (QED) is 0.530. The molecule has 3 aromatic rings. The number of carbonyl (C=O) groups is 1. The summed E-state index contributed by atoms with van der Waals surface area (Å²) in [6.07, 6.45) is 2.89. The van der Waals surface area contributed by atoms with Crippen LogP contribution in [0.3, 0.4) is 0 Å². The van der Waals surface area contributed by atoms with E-state index in [-0.39, 0.29) is 17.1 Å². The van der Waals surface area contributed by atoms with Crippen molar-refractivity contribution < 1.29 is 17.6 Å². The molecule has 1 aromatic carbocycles. The fourth-order valence-corrected chi connectivity index (χ4v) is 4.25. The summed E-state index contributed by atoms with van der Waals surface area (Å²) in [5.74, 6) is -1.41. The summed E-state index contributed by atoms with van der Waals surface area (Å²) in [6.45, 7) is 3.22. The Labute approximate surface area is 184 Å². The lowest BCUT2D eigenvalue weighted by atomic mass is 10.2. The molecule has 0 aliphatic rings. The summed E-state index contributed by atoms with van der Waals surface area (Å²) in [5, 5.41) is 6.20. The second-order valence-corrected chi connectivity index (χ2v) is 8.81. The van der Waals surface area contributed by atoms with E-state index < -0.39 is 33.3 Å². The van der Waals surface area contributed by atoms with Crippen molar-refractivity contribution in [3.63, 3.8) is 0 Å². The summed E-state index contributed by atoms with van der Waals surface area (Å²) in [6, 6.07) is 9.54. The third kappa shape index (κ3) is 5.62. The first kappa shape index (κ1) is 23.2. The topological polar surface area (TPSA) is 123 Å². The monoisotopic (exact) mass is 459 g/mol. The van der Waals surface area contributed by atoms with Gasteiger partial charge in [0.15, 0.2) is 0 Å². The van der Waals surface area contributed by atoms with Crippen LogP contribution in [0.1, 0.15) is 24.2 Å². The van der Waals surface area contributed by atoms with E-state index in [9.17, 15) is 22.4 Å². The van der Waals surface area contributed by atoms with Crippen LogP contribution in [0.2, 0.25) is 0 Å². The molecule has 9 nitrogen and oxygen atoms in total. The number of sulfonamides is 1. The van der Waals surface area contributed by atoms with E-state index in [1.807, 2.05) is 6.07 Å². The molecule has 0 aliphatic carbocycles. The first-order valence-electron chi connectivity index (χ1n) is 9.73. The van der Waals surface area contributed by atoms with Crippen molar-refractivity contribution in [2.24, 2.45) is 0 Å². The molecule has 2 N–H and O–H groups in total. The van der Waals surface area contributed by atoms with Crippen LogP contribution in [0.4, 0.5) is 10.1 Å². The number of halogens is 1. The van der Waals surface area contributed by atoms with Gasteiger partial charge in [-0.2, -0.15) is 5.10 Å². The maximum absolute atomic E-state index is 13.1. The molecule has 168 valence electrons. The lowest BCUT2D eigenvalue weighted by Crippen LogP contribution is -2.33. The molecule has 0 saturated carbocycles. The Morgan fingerprint density at radius 3 is 2.69 bits per heavy atom. The Hall–Kier alpha value is -3.44. The maximum atomic E-state index is 13.1. The van der Waals surface area contributed by atoms with Gasteiger partial charge in [0.2, 0.25) is 15.9 Å². The highest BCUT2D eigenvalue weighted by Crippen LogP contribution is 2.21. The number of carbonyl (C=O) groups excluding carboxylic acids is 1. The Kier molecular flexibility index (Phi) is 7.11. The summed E-state index contributed by atoms with van der Waals surface area (Å²) in [7, 11) is -3.84. The van der Waals surface area contributed by atoms with Gasteiger partial charge in [-0.05, 0) is 43.7 Å². The molecule has 0 aliphatic heterocycles. The van der Waals surface area contributed by atoms with Gasteiger partial charge in [0.1, 0.15) is 11.9 Å². The molecule has 0 saturated heterocycles. The molecule has 32 heavy (non-hydrogen) atoms. The minimum atomic E-state index is -3.84. The van der Waals surface area contributed by atoms with Crippen LogP contribution in [0.15, 0.2) is 64.5 Å². The van der Waals surface area contributed by atoms with E-state index in [1.54, 1.807) is 37.4 Å². The SMILES string of the molecule is Cc1ccc(NC(=O)[C@@H](C)n2ncc(F)cc2=O)cc1S(=O)(=O)NCCc1ccccn1. The van der Waals surface area contributed by atoms with E-state index in [4.69, 9.17) is 0 Å². The van der Waals surface area contributed by atoms with E-state index >= 15 is 0 Å². The number of rotatable bonds is 8. The molecular weight excluding hydrogens is 437 g/mol. The summed E-state index contributed by atoms with van der Waals surface area (Å²) in [5.41, 5.74) is 0.717. The number of amides is 1. The summed E-state index contributed by atoms with van der Waals surface area (Å²) < 4.78 is 42.0. The minimum Gasteiger partial charge on any atom is -0.324 e.